The lowest BCUT2D eigenvalue weighted by molar-refractivity contribution is -0.120. The summed E-state index contributed by atoms with van der Waals surface area (Å²) in [7, 11) is 1.72. The summed E-state index contributed by atoms with van der Waals surface area (Å²) in [6.07, 6.45) is 5.34. The summed E-state index contributed by atoms with van der Waals surface area (Å²) in [4.78, 5) is 24.9. The van der Waals surface area contributed by atoms with Crippen molar-refractivity contribution < 1.29 is 9.53 Å². The number of rotatable bonds is 3. The standard InChI is InChI=1S/C29H26N4O2/c1-35-23-8-9-26-19(13-23)4-3-11-33(26)17-22-7-6-18-12-20-15-29(16-21(20)14-25(18)31-22)24-5-2-10-30-27(24)32-28(29)34/h2,5-10,12-14H,3-4,11,15-17H2,1H3,(H,30,32,34). The molecule has 35 heavy (non-hydrogen) atoms. The zero-order chi connectivity index (χ0) is 23.6. The number of nitrogens with one attached hydrogen (secondary N) is 1. The van der Waals surface area contributed by atoms with Crippen molar-refractivity contribution in [3.63, 3.8) is 0 Å². The Labute approximate surface area is 204 Å². The van der Waals surface area contributed by atoms with E-state index in [1.54, 1.807) is 13.3 Å². The van der Waals surface area contributed by atoms with E-state index in [9.17, 15) is 4.79 Å². The zero-order valence-corrected chi connectivity index (χ0v) is 19.7. The van der Waals surface area contributed by atoms with Crippen molar-refractivity contribution in [3.05, 3.63) is 88.7 Å². The third-order valence-electron chi connectivity index (χ3n) is 7.90. The first-order valence-corrected chi connectivity index (χ1v) is 12.2. The van der Waals surface area contributed by atoms with Crippen LogP contribution in [0.5, 0.6) is 5.75 Å². The van der Waals surface area contributed by atoms with Gasteiger partial charge in [0.2, 0.25) is 5.91 Å². The molecule has 174 valence electrons. The molecule has 0 radical (unpaired) electrons. The van der Waals surface area contributed by atoms with Gasteiger partial charge in [-0.2, -0.15) is 0 Å². The second-order valence-electron chi connectivity index (χ2n) is 9.93. The number of pyridine rings is 2. The number of ether oxygens (including phenoxy) is 1. The minimum Gasteiger partial charge on any atom is -0.497 e. The Balaban J connectivity index is 1.20. The summed E-state index contributed by atoms with van der Waals surface area (Å²) in [6, 6.07) is 19.0. The molecule has 1 amide bonds. The van der Waals surface area contributed by atoms with E-state index in [0.29, 0.717) is 18.7 Å². The third-order valence-corrected chi connectivity index (χ3v) is 7.90. The molecule has 2 aromatic carbocycles. The highest BCUT2D eigenvalue weighted by Gasteiger charge is 2.51. The van der Waals surface area contributed by atoms with Crippen LogP contribution in [-0.2, 0) is 36.0 Å². The number of aromatic nitrogens is 2. The number of hydrogen-bond donors (Lipinski definition) is 1. The van der Waals surface area contributed by atoms with Crippen molar-refractivity contribution in [2.45, 2.75) is 37.6 Å². The first kappa shape index (κ1) is 20.4. The highest BCUT2D eigenvalue weighted by molar-refractivity contribution is 6.06. The van der Waals surface area contributed by atoms with E-state index < -0.39 is 5.41 Å². The average Bonchev–Trinajstić information content (AvgIpc) is 3.39. The van der Waals surface area contributed by atoms with E-state index in [4.69, 9.17) is 9.72 Å². The third kappa shape index (κ3) is 3.13. The molecule has 1 spiro atoms. The van der Waals surface area contributed by atoms with Crippen molar-refractivity contribution >= 4 is 28.3 Å². The molecule has 2 aromatic heterocycles. The Kier molecular flexibility index (Phi) is 4.40. The SMILES string of the molecule is COc1ccc2c(c1)CCCN2Cc1ccc2cc3c(cc2n1)CC1(C3)C(=O)Nc2ncccc21. The van der Waals surface area contributed by atoms with Gasteiger partial charge in [-0.25, -0.2) is 4.98 Å². The van der Waals surface area contributed by atoms with Gasteiger partial charge in [-0.15, -0.1) is 0 Å². The quantitative estimate of drug-likeness (QED) is 0.483. The molecule has 1 atom stereocenters. The predicted octanol–water partition coefficient (Wildman–Crippen LogP) is 4.58. The van der Waals surface area contributed by atoms with E-state index in [-0.39, 0.29) is 5.91 Å². The number of methoxy groups -OCH3 is 1. The van der Waals surface area contributed by atoms with Crippen molar-refractivity contribution in [1.82, 2.24) is 9.97 Å². The molecule has 4 aromatic rings. The molecule has 1 unspecified atom stereocenters. The van der Waals surface area contributed by atoms with Crippen LogP contribution in [0.4, 0.5) is 11.5 Å². The molecule has 6 nitrogen and oxygen atoms in total. The molecule has 6 heteroatoms. The molecule has 1 aliphatic carbocycles. The van der Waals surface area contributed by atoms with Gasteiger partial charge in [0.15, 0.2) is 0 Å². The van der Waals surface area contributed by atoms with Crippen molar-refractivity contribution in [3.8, 4) is 5.75 Å². The van der Waals surface area contributed by atoms with Gasteiger partial charge in [-0.05, 0) is 84.8 Å². The lowest BCUT2D eigenvalue weighted by Crippen LogP contribution is -2.35. The topological polar surface area (TPSA) is 67.3 Å². The summed E-state index contributed by atoms with van der Waals surface area (Å²) in [5.74, 6) is 1.67. The van der Waals surface area contributed by atoms with E-state index in [2.05, 4.69) is 51.6 Å². The fraction of sp³-hybridized carbons (Fsp3) is 0.276. The van der Waals surface area contributed by atoms with Gasteiger partial charge < -0.3 is 15.0 Å². The van der Waals surface area contributed by atoms with Crippen LogP contribution in [0.25, 0.3) is 10.9 Å². The number of aryl methyl sites for hydroxylation is 1. The summed E-state index contributed by atoms with van der Waals surface area (Å²) in [5.41, 5.74) is 7.57. The Morgan fingerprint density at radius 1 is 1.06 bits per heavy atom. The molecule has 0 saturated heterocycles. The number of nitrogens with zero attached hydrogens (tertiary/aromatic N) is 3. The lowest BCUT2D eigenvalue weighted by Gasteiger charge is -2.31. The smallest absolute Gasteiger partial charge is 0.237 e. The van der Waals surface area contributed by atoms with Crippen LogP contribution in [0, 0.1) is 0 Å². The van der Waals surface area contributed by atoms with Gasteiger partial charge in [0, 0.05) is 29.4 Å². The van der Waals surface area contributed by atoms with Crippen LogP contribution in [0.15, 0.2) is 60.8 Å². The molecule has 7 rings (SSSR count). The second kappa shape index (κ2) is 7.54. The summed E-state index contributed by atoms with van der Waals surface area (Å²) in [6.45, 7) is 1.80. The van der Waals surface area contributed by atoms with Crippen molar-refractivity contribution in [2.75, 3.05) is 23.9 Å². The number of carbonyl (C=O) groups excluding carboxylic acids is 1. The zero-order valence-electron chi connectivity index (χ0n) is 19.7. The highest BCUT2D eigenvalue weighted by Crippen LogP contribution is 2.47. The van der Waals surface area contributed by atoms with Gasteiger partial charge in [0.05, 0.1) is 30.3 Å². The molecule has 0 fully saturated rings. The maximum absolute atomic E-state index is 13.1. The Morgan fingerprint density at radius 2 is 1.94 bits per heavy atom. The second-order valence-corrected chi connectivity index (χ2v) is 9.93. The van der Waals surface area contributed by atoms with Gasteiger partial charge in [0.1, 0.15) is 11.6 Å². The van der Waals surface area contributed by atoms with E-state index in [1.165, 1.54) is 22.4 Å². The van der Waals surface area contributed by atoms with Crippen molar-refractivity contribution in [2.24, 2.45) is 0 Å². The van der Waals surface area contributed by atoms with Crippen molar-refractivity contribution in [1.29, 1.82) is 0 Å². The molecule has 4 heterocycles. The van der Waals surface area contributed by atoms with E-state index in [0.717, 1.165) is 53.8 Å². The number of benzene rings is 2. The Hall–Kier alpha value is -3.93. The maximum Gasteiger partial charge on any atom is 0.237 e. The number of hydrogen-bond acceptors (Lipinski definition) is 5. The van der Waals surface area contributed by atoms with Crippen LogP contribution >= 0.6 is 0 Å². The van der Waals surface area contributed by atoms with Crippen LogP contribution < -0.4 is 15.0 Å². The normalized spacial score (nSPS) is 20.0. The maximum atomic E-state index is 13.1. The summed E-state index contributed by atoms with van der Waals surface area (Å²) >= 11 is 0. The van der Waals surface area contributed by atoms with Gasteiger partial charge >= 0.3 is 0 Å². The van der Waals surface area contributed by atoms with Gasteiger partial charge in [0.25, 0.3) is 0 Å². The number of carbonyl (C=O) groups is 1. The largest absolute Gasteiger partial charge is 0.497 e. The van der Waals surface area contributed by atoms with Crippen LogP contribution in [-0.4, -0.2) is 29.5 Å². The number of amides is 1. The first-order valence-electron chi connectivity index (χ1n) is 12.2. The fourth-order valence-electron chi connectivity index (χ4n) is 6.16. The molecule has 2 aliphatic heterocycles. The minimum atomic E-state index is -0.551. The number of anilines is 2. The molecule has 0 bridgehead atoms. The molecular weight excluding hydrogens is 436 g/mol. The average molecular weight is 463 g/mol. The summed E-state index contributed by atoms with van der Waals surface area (Å²) in [5, 5.41) is 4.12. The van der Waals surface area contributed by atoms with Crippen LogP contribution in [0.2, 0.25) is 0 Å². The molecular formula is C29H26N4O2. The first-order chi connectivity index (χ1) is 17.1. The van der Waals surface area contributed by atoms with E-state index >= 15 is 0 Å². The minimum absolute atomic E-state index is 0.0560. The van der Waals surface area contributed by atoms with Gasteiger partial charge in [-0.3, -0.25) is 9.78 Å². The lowest BCUT2D eigenvalue weighted by atomic mass is 9.79. The highest BCUT2D eigenvalue weighted by atomic mass is 16.5. The monoisotopic (exact) mass is 462 g/mol. The predicted molar refractivity (Wildman–Crippen MR) is 136 cm³/mol. The van der Waals surface area contributed by atoms with E-state index in [1.807, 2.05) is 18.2 Å². The fourth-order valence-corrected chi connectivity index (χ4v) is 6.16. The Bertz CT molecular complexity index is 1510. The van der Waals surface area contributed by atoms with Crippen LogP contribution in [0.1, 0.15) is 34.4 Å². The van der Waals surface area contributed by atoms with Gasteiger partial charge in [-0.1, -0.05) is 12.1 Å². The Morgan fingerprint density at radius 3 is 2.83 bits per heavy atom. The molecule has 0 saturated carbocycles. The molecule has 1 N–H and O–H groups in total. The van der Waals surface area contributed by atoms with Crippen LogP contribution in [0.3, 0.4) is 0 Å². The molecule has 3 aliphatic rings. The summed E-state index contributed by atoms with van der Waals surface area (Å²) < 4.78 is 5.42. The number of fused-ring (bicyclic) bond motifs is 5.